The van der Waals surface area contributed by atoms with Crippen LogP contribution in [0.4, 0.5) is 10.2 Å². The Morgan fingerprint density at radius 2 is 1.95 bits per heavy atom. The van der Waals surface area contributed by atoms with E-state index >= 15 is 0 Å². The summed E-state index contributed by atoms with van der Waals surface area (Å²) in [4.78, 5) is 4.33. The Morgan fingerprint density at radius 1 is 1.20 bits per heavy atom. The number of nitrogens with zero attached hydrogens (tertiary/aromatic N) is 1. The van der Waals surface area contributed by atoms with Gasteiger partial charge in [-0.1, -0.05) is 23.2 Å². The van der Waals surface area contributed by atoms with E-state index in [-0.39, 0.29) is 11.6 Å². The van der Waals surface area contributed by atoms with Crippen molar-refractivity contribution in [3.05, 3.63) is 51.9 Å². The van der Waals surface area contributed by atoms with Crippen LogP contribution in [0.3, 0.4) is 0 Å². The number of hydrogen-bond donors (Lipinski definition) is 1. The van der Waals surface area contributed by atoms with Crippen LogP contribution in [0.2, 0.25) is 10.0 Å². The average Bonchev–Trinajstić information content (AvgIpc) is 2.43. The molecule has 0 aliphatic carbocycles. The van der Waals surface area contributed by atoms with Crippen LogP contribution in [0.1, 0.15) is 12.6 Å². The molecule has 0 amide bonds. The fraction of sp³-hybridized carbons (Fsp3) is 0.214. The van der Waals surface area contributed by atoms with Gasteiger partial charge in [-0.25, -0.2) is 9.37 Å². The zero-order valence-corrected chi connectivity index (χ0v) is 12.3. The normalized spacial score (nSPS) is 10.4. The molecule has 0 saturated carbocycles. The molecule has 0 bridgehead atoms. The Hall–Kier alpha value is -1.52. The molecule has 0 aliphatic rings. The van der Waals surface area contributed by atoms with Crippen LogP contribution in [0.15, 0.2) is 30.3 Å². The first kappa shape index (κ1) is 14.9. The highest BCUT2D eigenvalue weighted by Crippen LogP contribution is 2.23. The third-order valence-electron chi connectivity index (χ3n) is 2.54. The number of anilines is 1. The SMILES string of the molecule is CCNc1ccc(Cl)c(COc2ccc(Cl)c(F)c2)n1. The molecule has 0 unspecified atom stereocenters. The number of rotatable bonds is 5. The van der Waals surface area contributed by atoms with E-state index in [0.717, 1.165) is 12.4 Å². The Bertz CT molecular complexity index is 608. The molecular formula is C14H13Cl2FN2O. The van der Waals surface area contributed by atoms with Gasteiger partial charge in [-0.2, -0.15) is 0 Å². The molecule has 0 radical (unpaired) electrons. The van der Waals surface area contributed by atoms with Crippen LogP contribution in [0.5, 0.6) is 5.75 Å². The Morgan fingerprint density at radius 3 is 2.65 bits per heavy atom. The zero-order valence-electron chi connectivity index (χ0n) is 10.8. The predicted octanol–water partition coefficient (Wildman–Crippen LogP) is 4.54. The number of ether oxygens (including phenoxy) is 1. The van der Waals surface area contributed by atoms with Crippen LogP contribution in [-0.2, 0) is 6.61 Å². The highest BCUT2D eigenvalue weighted by molar-refractivity contribution is 6.31. The van der Waals surface area contributed by atoms with Gasteiger partial charge in [-0.15, -0.1) is 0 Å². The topological polar surface area (TPSA) is 34.1 Å². The van der Waals surface area contributed by atoms with Crippen LogP contribution >= 0.6 is 23.2 Å². The number of nitrogens with one attached hydrogen (secondary N) is 1. The number of hydrogen-bond acceptors (Lipinski definition) is 3. The van der Waals surface area contributed by atoms with E-state index < -0.39 is 5.82 Å². The molecule has 1 aromatic heterocycles. The second kappa shape index (κ2) is 6.77. The largest absolute Gasteiger partial charge is 0.487 e. The molecule has 1 heterocycles. The summed E-state index contributed by atoms with van der Waals surface area (Å²) in [5, 5.41) is 3.65. The molecule has 20 heavy (non-hydrogen) atoms. The van der Waals surface area contributed by atoms with E-state index in [9.17, 15) is 4.39 Å². The third kappa shape index (κ3) is 3.74. The van der Waals surface area contributed by atoms with Crippen LogP contribution < -0.4 is 10.1 Å². The van der Waals surface area contributed by atoms with Crippen LogP contribution in [0.25, 0.3) is 0 Å². The van der Waals surface area contributed by atoms with Crippen molar-refractivity contribution >= 4 is 29.0 Å². The van der Waals surface area contributed by atoms with Gasteiger partial charge in [0.1, 0.15) is 24.0 Å². The Balaban J connectivity index is 2.09. The summed E-state index contributed by atoms with van der Waals surface area (Å²) in [5.41, 5.74) is 0.584. The minimum atomic E-state index is -0.523. The molecule has 0 fully saturated rings. The lowest BCUT2D eigenvalue weighted by molar-refractivity contribution is 0.300. The fourth-order valence-electron chi connectivity index (χ4n) is 1.58. The molecule has 0 spiro atoms. The summed E-state index contributed by atoms with van der Waals surface area (Å²) < 4.78 is 18.8. The smallest absolute Gasteiger partial charge is 0.145 e. The minimum Gasteiger partial charge on any atom is -0.487 e. The summed E-state index contributed by atoms with van der Waals surface area (Å²) in [6.45, 7) is 2.89. The summed E-state index contributed by atoms with van der Waals surface area (Å²) in [5.74, 6) is 0.570. The third-order valence-corrected chi connectivity index (χ3v) is 3.19. The standard InChI is InChI=1S/C14H13Cl2FN2O/c1-2-18-14-6-5-11(16)13(19-14)8-20-9-3-4-10(15)12(17)7-9/h3-7H,2,8H2,1H3,(H,18,19). The van der Waals surface area contributed by atoms with Gasteiger partial charge in [-0.3, -0.25) is 0 Å². The van der Waals surface area contributed by atoms with Crippen LogP contribution in [-0.4, -0.2) is 11.5 Å². The highest BCUT2D eigenvalue weighted by atomic mass is 35.5. The van der Waals surface area contributed by atoms with Gasteiger partial charge in [0, 0.05) is 12.6 Å². The van der Waals surface area contributed by atoms with Gasteiger partial charge < -0.3 is 10.1 Å². The Labute approximate surface area is 126 Å². The summed E-state index contributed by atoms with van der Waals surface area (Å²) >= 11 is 11.7. The molecule has 106 valence electrons. The maximum absolute atomic E-state index is 13.3. The van der Waals surface area contributed by atoms with E-state index in [2.05, 4.69) is 10.3 Å². The van der Waals surface area contributed by atoms with Crippen molar-refractivity contribution in [1.82, 2.24) is 4.98 Å². The van der Waals surface area contributed by atoms with E-state index in [4.69, 9.17) is 27.9 Å². The van der Waals surface area contributed by atoms with E-state index in [1.807, 2.05) is 6.92 Å². The molecule has 0 saturated heterocycles. The van der Waals surface area contributed by atoms with Crippen molar-refractivity contribution < 1.29 is 9.13 Å². The van der Waals surface area contributed by atoms with Crippen molar-refractivity contribution in [3.8, 4) is 5.75 Å². The lowest BCUT2D eigenvalue weighted by atomic mass is 10.3. The van der Waals surface area contributed by atoms with Gasteiger partial charge in [0.2, 0.25) is 0 Å². The molecule has 6 heteroatoms. The zero-order chi connectivity index (χ0) is 14.5. The number of aromatic nitrogens is 1. The molecule has 0 atom stereocenters. The molecule has 2 aromatic rings. The Kier molecular flexibility index (Phi) is 5.04. The van der Waals surface area contributed by atoms with Gasteiger partial charge >= 0.3 is 0 Å². The summed E-state index contributed by atoms with van der Waals surface area (Å²) in [7, 11) is 0. The van der Waals surface area contributed by atoms with Crippen molar-refractivity contribution in [2.45, 2.75) is 13.5 Å². The monoisotopic (exact) mass is 314 g/mol. The van der Waals surface area contributed by atoms with Crippen molar-refractivity contribution in [2.24, 2.45) is 0 Å². The maximum atomic E-state index is 13.3. The van der Waals surface area contributed by atoms with Gasteiger partial charge in [0.25, 0.3) is 0 Å². The lowest BCUT2D eigenvalue weighted by Gasteiger charge is -2.09. The van der Waals surface area contributed by atoms with Gasteiger partial charge in [0.05, 0.1) is 15.7 Å². The molecule has 3 nitrogen and oxygen atoms in total. The van der Waals surface area contributed by atoms with Crippen molar-refractivity contribution in [3.63, 3.8) is 0 Å². The summed E-state index contributed by atoms with van der Waals surface area (Å²) in [6, 6.07) is 7.79. The van der Waals surface area contributed by atoms with E-state index in [1.54, 1.807) is 18.2 Å². The first-order valence-electron chi connectivity index (χ1n) is 6.07. The quantitative estimate of drug-likeness (QED) is 0.879. The van der Waals surface area contributed by atoms with E-state index in [1.165, 1.54) is 12.1 Å². The lowest BCUT2D eigenvalue weighted by Crippen LogP contribution is -2.04. The second-order valence-corrected chi connectivity index (χ2v) is 4.83. The fourth-order valence-corrected chi connectivity index (χ4v) is 1.86. The average molecular weight is 315 g/mol. The molecule has 2 rings (SSSR count). The predicted molar refractivity (Wildman–Crippen MR) is 79.2 cm³/mol. The maximum Gasteiger partial charge on any atom is 0.145 e. The minimum absolute atomic E-state index is 0.0580. The first-order chi connectivity index (χ1) is 9.60. The molecule has 0 aliphatic heterocycles. The second-order valence-electron chi connectivity index (χ2n) is 4.02. The highest BCUT2D eigenvalue weighted by Gasteiger charge is 2.07. The van der Waals surface area contributed by atoms with Crippen molar-refractivity contribution in [2.75, 3.05) is 11.9 Å². The number of benzene rings is 1. The number of pyridine rings is 1. The first-order valence-corrected chi connectivity index (χ1v) is 6.83. The van der Waals surface area contributed by atoms with Gasteiger partial charge in [-0.05, 0) is 31.2 Å². The molecular weight excluding hydrogens is 302 g/mol. The molecule has 1 aromatic carbocycles. The number of halogens is 3. The molecule has 1 N–H and O–H groups in total. The van der Waals surface area contributed by atoms with Gasteiger partial charge in [0.15, 0.2) is 0 Å². The van der Waals surface area contributed by atoms with E-state index in [0.29, 0.717) is 16.5 Å². The van der Waals surface area contributed by atoms with Crippen molar-refractivity contribution in [1.29, 1.82) is 0 Å². The summed E-state index contributed by atoms with van der Waals surface area (Å²) in [6.07, 6.45) is 0. The van der Waals surface area contributed by atoms with Crippen LogP contribution in [0, 0.1) is 5.82 Å².